The van der Waals surface area contributed by atoms with Gasteiger partial charge in [-0.25, -0.2) is 0 Å². The van der Waals surface area contributed by atoms with Crippen molar-refractivity contribution in [1.82, 2.24) is 0 Å². The monoisotopic (exact) mass is 620 g/mol. The van der Waals surface area contributed by atoms with Gasteiger partial charge >= 0.3 is 5.97 Å². The Hall–Kier alpha value is -2.95. The number of aliphatic hydroxyl groups excluding tert-OH is 1. The minimum atomic E-state index is -0.587. The van der Waals surface area contributed by atoms with Crippen LogP contribution in [0.15, 0.2) is 109 Å². The molecule has 45 heavy (non-hydrogen) atoms. The van der Waals surface area contributed by atoms with Crippen LogP contribution in [0.1, 0.15) is 117 Å². The number of aliphatic hydroxyl groups is 1. The second kappa shape index (κ2) is 37.2. The summed E-state index contributed by atoms with van der Waals surface area (Å²) in [4.78, 5) is 12.1. The molecule has 0 amide bonds. The van der Waals surface area contributed by atoms with Crippen LogP contribution < -0.4 is 0 Å². The second-order valence-corrected chi connectivity index (χ2v) is 10.8. The molecule has 0 fully saturated rings. The quantitative estimate of drug-likeness (QED) is 0.0493. The second-order valence-electron chi connectivity index (χ2n) is 10.8. The summed E-state index contributed by atoms with van der Waals surface area (Å²) in [6, 6.07) is 0. The normalized spacial score (nSPS) is 13.8. The maximum Gasteiger partial charge on any atom is 0.306 e. The average Bonchev–Trinajstić information content (AvgIpc) is 3.05. The van der Waals surface area contributed by atoms with Crippen LogP contribution in [0.4, 0.5) is 0 Å². The number of hydrogen-bond acceptors (Lipinski definition) is 4. The summed E-state index contributed by atoms with van der Waals surface area (Å²) in [5, 5.41) is 9.54. The Bertz CT molecular complexity index is 914. The van der Waals surface area contributed by atoms with Gasteiger partial charge in [0.25, 0.3) is 0 Å². The first-order valence-electron chi connectivity index (χ1n) is 17.5. The molecule has 0 rings (SSSR count). The summed E-state index contributed by atoms with van der Waals surface area (Å²) < 4.78 is 11.0. The highest BCUT2D eigenvalue weighted by molar-refractivity contribution is 5.69. The van der Waals surface area contributed by atoms with Crippen molar-refractivity contribution in [2.24, 2.45) is 0 Å². The number of ether oxygens (including phenoxy) is 2. The maximum atomic E-state index is 12.1. The van der Waals surface area contributed by atoms with Crippen LogP contribution in [0, 0.1) is 0 Å². The Morgan fingerprint density at radius 2 is 0.933 bits per heavy atom. The molecule has 0 aliphatic heterocycles. The Morgan fingerprint density at radius 3 is 1.36 bits per heavy atom. The molecule has 0 spiro atoms. The fraction of sp³-hybridized carbons (Fsp3) is 0.537. The summed E-state index contributed by atoms with van der Waals surface area (Å²) in [5.41, 5.74) is 0. The van der Waals surface area contributed by atoms with Crippen LogP contribution >= 0.6 is 0 Å². The molecule has 0 saturated heterocycles. The third kappa shape index (κ3) is 35.4. The van der Waals surface area contributed by atoms with Gasteiger partial charge in [0.2, 0.25) is 0 Å². The van der Waals surface area contributed by atoms with E-state index in [1.54, 1.807) is 0 Å². The van der Waals surface area contributed by atoms with E-state index in [9.17, 15) is 9.90 Å². The smallest absolute Gasteiger partial charge is 0.306 e. The van der Waals surface area contributed by atoms with E-state index in [0.717, 1.165) is 96.3 Å². The fourth-order valence-electron chi connectivity index (χ4n) is 4.06. The summed E-state index contributed by atoms with van der Waals surface area (Å²) in [5.74, 6) is -0.275. The predicted octanol–water partition coefficient (Wildman–Crippen LogP) is 11.2. The summed E-state index contributed by atoms with van der Waals surface area (Å²) >= 11 is 0. The Labute approximate surface area is 276 Å². The average molecular weight is 621 g/mol. The molecular formula is C41H64O4. The van der Waals surface area contributed by atoms with Crippen LogP contribution in [0.25, 0.3) is 0 Å². The Kier molecular flexibility index (Phi) is 34.8. The molecule has 4 nitrogen and oxygen atoms in total. The van der Waals surface area contributed by atoms with Gasteiger partial charge in [-0.15, -0.1) is 0 Å². The molecule has 0 aromatic rings. The number of esters is 1. The third-order valence-electron chi connectivity index (χ3n) is 6.59. The van der Waals surface area contributed by atoms with Gasteiger partial charge in [0.05, 0.1) is 13.2 Å². The van der Waals surface area contributed by atoms with Crippen molar-refractivity contribution in [3.05, 3.63) is 109 Å². The summed E-state index contributed by atoms with van der Waals surface area (Å²) in [6.45, 7) is 4.95. The van der Waals surface area contributed by atoms with E-state index >= 15 is 0 Å². The molecule has 0 heterocycles. The van der Waals surface area contributed by atoms with Crippen LogP contribution in [0.2, 0.25) is 0 Å². The minimum Gasteiger partial charge on any atom is -0.457 e. The zero-order valence-corrected chi connectivity index (χ0v) is 28.6. The molecule has 1 unspecified atom stereocenters. The van der Waals surface area contributed by atoms with Gasteiger partial charge in [0, 0.05) is 13.0 Å². The number of allylic oxidation sites excluding steroid dienone is 18. The van der Waals surface area contributed by atoms with E-state index in [4.69, 9.17) is 9.47 Å². The lowest BCUT2D eigenvalue weighted by Crippen LogP contribution is -2.27. The van der Waals surface area contributed by atoms with Crippen molar-refractivity contribution in [3.63, 3.8) is 0 Å². The van der Waals surface area contributed by atoms with Gasteiger partial charge in [-0.1, -0.05) is 130 Å². The molecule has 0 aliphatic carbocycles. The molecule has 1 atom stereocenters. The van der Waals surface area contributed by atoms with Gasteiger partial charge in [0.1, 0.15) is 6.10 Å². The Morgan fingerprint density at radius 1 is 0.533 bits per heavy atom. The SMILES string of the molecule is CC/C=C\C/C=C\C/C=C\C/C=C\C/C=C\CCCC(=O)OC(CO)COCCCCC/C=C\C/C=C\C/C=C\C/C=C\CC. The molecular weight excluding hydrogens is 556 g/mol. The summed E-state index contributed by atoms with van der Waals surface area (Å²) in [6.07, 6.45) is 54.2. The predicted molar refractivity (Wildman–Crippen MR) is 195 cm³/mol. The Balaban J connectivity index is 3.69. The third-order valence-corrected chi connectivity index (χ3v) is 6.59. The molecule has 0 bridgehead atoms. The number of rotatable bonds is 30. The maximum absolute atomic E-state index is 12.1. The van der Waals surface area contributed by atoms with Gasteiger partial charge in [0.15, 0.2) is 0 Å². The van der Waals surface area contributed by atoms with E-state index in [2.05, 4.69) is 123 Å². The van der Waals surface area contributed by atoms with Crippen LogP contribution in [0.5, 0.6) is 0 Å². The highest BCUT2D eigenvalue weighted by atomic mass is 16.6. The number of hydrogen-bond donors (Lipinski definition) is 1. The van der Waals surface area contributed by atoms with Gasteiger partial charge < -0.3 is 14.6 Å². The van der Waals surface area contributed by atoms with Crippen LogP contribution in [-0.4, -0.2) is 37.0 Å². The number of carbonyl (C=O) groups excluding carboxylic acids is 1. The highest BCUT2D eigenvalue weighted by Crippen LogP contribution is 2.06. The van der Waals surface area contributed by atoms with Crippen molar-refractivity contribution in [2.75, 3.05) is 19.8 Å². The first kappa shape index (κ1) is 42.0. The molecule has 0 radical (unpaired) electrons. The fourth-order valence-corrected chi connectivity index (χ4v) is 4.06. The molecule has 252 valence electrons. The lowest BCUT2D eigenvalue weighted by molar-refractivity contribution is -0.154. The van der Waals surface area contributed by atoms with E-state index in [0.29, 0.717) is 13.0 Å². The standard InChI is InChI=1S/C41H64O4/c1-3-5-7-9-11-13-15-17-19-21-22-24-26-28-30-32-34-36-41(43)45-40(38-42)39-44-37-35-33-31-29-27-25-23-20-18-16-14-12-10-8-6-4-2/h5-8,11-14,17-20,22,24-25,27-28,30,40,42H,3-4,9-10,15-16,21,23,26,29,31-39H2,1-2H3/b7-5-,8-6-,13-11-,14-12-,19-17-,20-18-,24-22-,27-25-,30-28-. The van der Waals surface area contributed by atoms with E-state index < -0.39 is 6.10 Å². The zero-order chi connectivity index (χ0) is 32.7. The van der Waals surface area contributed by atoms with Crippen molar-refractivity contribution < 1.29 is 19.4 Å². The van der Waals surface area contributed by atoms with Crippen molar-refractivity contribution in [3.8, 4) is 0 Å². The van der Waals surface area contributed by atoms with Crippen molar-refractivity contribution >= 4 is 5.97 Å². The van der Waals surface area contributed by atoms with Crippen molar-refractivity contribution in [2.45, 2.75) is 123 Å². The highest BCUT2D eigenvalue weighted by Gasteiger charge is 2.13. The molecule has 0 saturated carbocycles. The van der Waals surface area contributed by atoms with Gasteiger partial charge in [-0.2, -0.15) is 0 Å². The first-order valence-corrected chi connectivity index (χ1v) is 17.5. The van der Waals surface area contributed by atoms with E-state index in [-0.39, 0.29) is 19.2 Å². The lowest BCUT2D eigenvalue weighted by atomic mass is 10.2. The molecule has 0 aromatic heterocycles. The zero-order valence-electron chi connectivity index (χ0n) is 28.6. The molecule has 4 heteroatoms. The van der Waals surface area contributed by atoms with E-state index in [1.165, 1.54) is 0 Å². The van der Waals surface area contributed by atoms with Crippen LogP contribution in [-0.2, 0) is 14.3 Å². The topological polar surface area (TPSA) is 55.8 Å². The van der Waals surface area contributed by atoms with E-state index in [1.807, 2.05) is 0 Å². The van der Waals surface area contributed by atoms with Gasteiger partial charge in [-0.05, 0) is 89.9 Å². The summed E-state index contributed by atoms with van der Waals surface area (Å²) in [7, 11) is 0. The van der Waals surface area contributed by atoms with Crippen molar-refractivity contribution in [1.29, 1.82) is 0 Å². The molecule has 1 N–H and O–H groups in total. The minimum absolute atomic E-state index is 0.216. The number of carbonyl (C=O) groups is 1. The lowest BCUT2D eigenvalue weighted by Gasteiger charge is -2.15. The largest absolute Gasteiger partial charge is 0.457 e. The first-order chi connectivity index (χ1) is 22.2. The molecule has 0 aliphatic rings. The van der Waals surface area contributed by atoms with Gasteiger partial charge in [-0.3, -0.25) is 4.79 Å². The van der Waals surface area contributed by atoms with Crippen LogP contribution in [0.3, 0.4) is 0 Å². The number of unbranched alkanes of at least 4 members (excludes halogenated alkanes) is 4. The molecule has 0 aromatic carbocycles.